The minimum atomic E-state index is -0.503. The number of aliphatic hydroxyl groups excluding tert-OH is 1. The van der Waals surface area contributed by atoms with Crippen LogP contribution in [0.15, 0.2) is 12.4 Å². The molecule has 1 aliphatic rings. The molecule has 3 rings (SSSR count). The van der Waals surface area contributed by atoms with Gasteiger partial charge in [-0.25, -0.2) is 4.98 Å². The maximum Gasteiger partial charge on any atom is 0.209 e. The van der Waals surface area contributed by atoms with Crippen LogP contribution in [0.2, 0.25) is 0 Å². The summed E-state index contributed by atoms with van der Waals surface area (Å²) >= 11 is 1.41. The second kappa shape index (κ2) is 5.37. The van der Waals surface area contributed by atoms with Crippen molar-refractivity contribution in [3.63, 3.8) is 0 Å². The first-order valence-electron chi connectivity index (χ1n) is 6.64. The van der Waals surface area contributed by atoms with Crippen LogP contribution in [-0.4, -0.2) is 37.9 Å². The van der Waals surface area contributed by atoms with Crippen LogP contribution >= 0.6 is 11.3 Å². The van der Waals surface area contributed by atoms with Gasteiger partial charge in [0.15, 0.2) is 0 Å². The molecule has 0 saturated carbocycles. The van der Waals surface area contributed by atoms with Gasteiger partial charge in [-0.15, -0.1) is 10.2 Å². The normalized spacial score (nSPS) is 18.4. The molecule has 1 saturated heterocycles. The molecule has 0 amide bonds. The van der Waals surface area contributed by atoms with E-state index in [0.717, 1.165) is 36.9 Å². The van der Waals surface area contributed by atoms with Crippen molar-refractivity contribution in [3.8, 4) is 0 Å². The van der Waals surface area contributed by atoms with Gasteiger partial charge in [0.1, 0.15) is 11.9 Å². The molecule has 7 nitrogen and oxygen atoms in total. The number of nitrogens with two attached hydrogens (primary N) is 1. The number of imidazole rings is 1. The number of aromatic nitrogens is 4. The standard InChI is InChI=1S/C12H18N6OS/c1-17-7-4-14-10(17)9(19)8-2-5-18(6-3-8)12-16-15-11(13)20-12/h4,7-9,19H,2-3,5-6H2,1H3,(H2,13,15). The van der Waals surface area contributed by atoms with Crippen molar-refractivity contribution in [2.45, 2.75) is 18.9 Å². The summed E-state index contributed by atoms with van der Waals surface area (Å²) in [5.74, 6) is 0.973. The number of rotatable bonds is 3. The molecule has 1 unspecified atom stereocenters. The second-order valence-corrected chi connectivity index (χ2v) is 6.08. The summed E-state index contributed by atoms with van der Waals surface area (Å²) in [7, 11) is 1.91. The highest BCUT2D eigenvalue weighted by atomic mass is 32.1. The van der Waals surface area contributed by atoms with Gasteiger partial charge in [-0.3, -0.25) is 0 Å². The van der Waals surface area contributed by atoms with Gasteiger partial charge in [0.2, 0.25) is 10.3 Å². The van der Waals surface area contributed by atoms with Crippen LogP contribution in [0, 0.1) is 5.92 Å². The SMILES string of the molecule is Cn1ccnc1C(O)C1CCN(c2nnc(N)s2)CC1. The fraction of sp³-hybridized carbons (Fsp3) is 0.583. The van der Waals surface area contributed by atoms with Crippen LogP contribution in [0.25, 0.3) is 0 Å². The summed E-state index contributed by atoms with van der Waals surface area (Å²) in [6.45, 7) is 1.72. The van der Waals surface area contributed by atoms with Gasteiger partial charge in [-0.1, -0.05) is 11.3 Å². The van der Waals surface area contributed by atoms with Crippen LogP contribution in [0.3, 0.4) is 0 Å². The maximum atomic E-state index is 10.4. The number of nitrogen functional groups attached to an aromatic ring is 1. The van der Waals surface area contributed by atoms with E-state index in [1.165, 1.54) is 11.3 Å². The Labute approximate surface area is 121 Å². The van der Waals surface area contributed by atoms with Crippen molar-refractivity contribution in [1.82, 2.24) is 19.7 Å². The lowest BCUT2D eigenvalue weighted by Crippen LogP contribution is -2.36. The van der Waals surface area contributed by atoms with Crippen molar-refractivity contribution in [1.29, 1.82) is 0 Å². The highest BCUT2D eigenvalue weighted by molar-refractivity contribution is 7.18. The third kappa shape index (κ3) is 2.48. The second-order valence-electron chi connectivity index (χ2n) is 5.09. The Morgan fingerprint density at radius 1 is 1.40 bits per heavy atom. The van der Waals surface area contributed by atoms with E-state index in [2.05, 4.69) is 20.1 Å². The Bertz CT molecular complexity index is 574. The zero-order valence-electron chi connectivity index (χ0n) is 11.3. The summed E-state index contributed by atoms with van der Waals surface area (Å²) in [6.07, 6.45) is 4.90. The van der Waals surface area contributed by atoms with Crippen LogP contribution in [0.4, 0.5) is 10.3 Å². The number of aryl methyl sites for hydroxylation is 1. The van der Waals surface area contributed by atoms with Gasteiger partial charge in [0, 0.05) is 32.5 Å². The molecule has 0 aromatic carbocycles. The number of hydrogen-bond donors (Lipinski definition) is 2. The van der Waals surface area contributed by atoms with E-state index in [1.54, 1.807) is 6.20 Å². The molecule has 0 radical (unpaired) electrons. The van der Waals surface area contributed by atoms with E-state index in [0.29, 0.717) is 5.13 Å². The number of hydrogen-bond acceptors (Lipinski definition) is 7. The Kier molecular flexibility index (Phi) is 3.58. The molecule has 20 heavy (non-hydrogen) atoms. The van der Waals surface area contributed by atoms with Gasteiger partial charge in [-0.05, 0) is 18.8 Å². The van der Waals surface area contributed by atoms with Gasteiger partial charge < -0.3 is 20.3 Å². The smallest absolute Gasteiger partial charge is 0.209 e. The van der Waals surface area contributed by atoms with E-state index in [9.17, 15) is 5.11 Å². The molecule has 0 bridgehead atoms. The van der Waals surface area contributed by atoms with Crippen molar-refractivity contribution < 1.29 is 5.11 Å². The van der Waals surface area contributed by atoms with E-state index in [-0.39, 0.29) is 5.92 Å². The quantitative estimate of drug-likeness (QED) is 0.870. The first-order valence-corrected chi connectivity index (χ1v) is 7.46. The number of aliphatic hydroxyl groups is 1. The Morgan fingerprint density at radius 3 is 2.70 bits per heavy atom. The molecule has 0 spiro atoms. The summed E-state index contributed by atoms with van der Waals surface area (Å²) in [5.41, 5.74) is 5.61. The van der Waals surface area contributed by atoms with Gasteiger partial charge in [-0.2, -0.15) is 0 Å². The van der Waals surface area contributed by atoms with Crippen molar-refractivity contribution in [3.05, 3.63) is 18.2 Å². The largest absolute Gasteiger partial charge is 0.385 e. The first kappa shape index (κ1) is 13.3. The number of anilines is 2. The summed E-state index contributed by atoms with van der Waals surface area (Å²) < 4.78 is 1.88. The molecular weight excluding hydrogens is 276 g/mol. The number of piperidine rings is 1. The molecule has 1 atom stereocenters. The lowest BCUT2D eigenvalue weighted by Gasteiger charge is -2.33. The summed E-state index contributed by atoms with van der Waals surface area (Å²) in [4.78, 5) is 6.41. The van der Waals surface area contributed by atoms with E-state index >= 15 is 0 Å². The highest BCUT2D eigenvalue weighted by Gasteiger charge is 2.29. The van der Waals surface area contributed by atoms with Crippen molar-refractivity contribution >= 4 is 21.6 Å². The average Bonchev–Trinajstić information content (AvgIpc) is 3.07. The Hall–Kier alpha value is -1.67. The van der Waals surface area contributed by atoms with E-state index in [1.807, 2.05) is 17.8 Å². The van der Waals surface area contributed by atoms with Crippen LogP contribution in [0.5, 0.6) is 0 Å². The summed E-state index contributed by atoms with van der Waals surface area (Å²) in [6, 6.07) is 0. The van der Waals surface area contributed by atoms with Crippen LogP contribution in [-0.2, 0) is 7.05 Å². The minimum absolute atomic E-state index is 0.234. The molecule has 1 fully saturated rings. The zero-order chi connectivity index (χ0) is 14.1. The topological polar surface area (TPSA) is 93.1 Å². The third-order valence-electron chi connectivity index (χ3n) is 3.81. The lowest BCUT2D eigenvalue weighted by molar-refractivity contribution is 0.0825. The van der Waals surface area contributed by atoms with Gasteiger partial charge in [0.05, 0.1) is 0 Å². The molecule has 8 heteroatoms. The molecule has 2 aromatic heterocycles. The third-order valence-corrected chi connectivity index (χ3v) is 4.62. The molecule has 3 N–H and O–H groups in total. The fourth-order valence-electron chi connectivity index (χ4n) is 2.63. The monoisotopic (exact) mass is 294 g/mol. The highest BCUT2D eigenvalue weighted by Crippen LogP contribution is 2.32. The molecular formula is C12H18N6OS. The van der Waals surface area contributed by atoms with E-state index < -0.39 is 6.10 Å². The van der Waals surface area contributed by atoms with Crippen molar-refractivity contribution in [2.24, 2.45) is 13.0 Å². The minimum Gasteiger partial charge on any atom is -0.385 e. The molecule has 108 valence electrons. The van der Waals surface area contributed by atoms with Gasteiger partial charge >= 0.3 is 0 Å². The molecule has 2 aromatic rings. The molecule has 3 heterocycles. The maximum absolute atomic E-state index is 10.4. The van der Waals surface area contributed by atoms with Crippen LogP contribution in [0.1, 0.15) is 24.8 Å². The van der Waals surface area contributed by atoms with Gasteiger partial charge in [0.25, 0.3) is 0 Å². The Balaban J connectivity index is 1.62. The van der Waals surface area contributed by atoms with Crippen molar-refractivity contribution in [2.75, 3.05) is 23.7 Å². The molecule has 0 aliphatic carbocycles. The Morgan fingerprint density at radius 2 is 2.15 bits per heavy atom. The zero-order valence-corrected chi connectivity index (χ0v) is 12.1. The predicted molar refractivity (Wildman–Crippen MR) is 77.4 cm³/mol. The predicted octanol–water partition coefficient (Wildman–Crippen LogP) is 0.804. The lowest BCUT2D eigenvalue weighted by atomic mass is 9.91. The van der Waals surface area contributed by atoms with E-state index in [4.69, 9.17) is 5.73 Å². The fourth-order valence-corrected chi connectivity index (χ4v) is 3.30. The first-order chi connectivity index (χ1) is 9.65. The molecule has 1 aliphatic heterocycles. The average molecular weight is 294 g/mol. The number of nitrogens with zero attached hydrogens (tertiary/aromatic N) is 5. The summed E-state index contributed by atoms with van der Waals surface area (Å²) in [5, 5.41) is 19.7. The van der Waals surface area contributed by atoms with Crippen LogP contribution < -0.4 is 10.6 Å².